The fraction of sp³-hybridized carbons (Fsp3) is 0.211. The molecule has 0 radical (unpaired) electrons. The van der Waals surface area contributed by atoms with Crippen molar-refractivity contribution < 1.29 is 9.90 Å². The van der Waals surface area contributed by atoms with Crippen LogP contribution in [0.1, 0.15) is 6.92 Å². The van der Waals surface area contributed by atoms with Crippen molar-refractivity contribution in [2.75, 3.05) is 17.3 Å². The van der Waals surface area contributed by atoms with Crippen LogP contribution in [0, 0.1) is 0 Å². The Labute approximate surface area is 180 Å². The first-order valence-electron chi connectivity index (χ1n) is 8.50. The van der Waals surface area contributed by atoms with E-state index in [9.17, 15) is 9.90 Å². The van der Waals surface area contributed by atoms with Gasteiger partial charge in [0.15, 0.2) is 11.0 Å². The molecule has 0 aliphatic rings. The predicted molar refractivity (Wildman–Crippen MR) is 118 cm³/mol. The number of benzene rings is 2. The summed E-state index contributed by atoms with van der Waals surface area (Å²) in [5.41, 5.74) is 1.36. The van der Waals surface area contributed by atoms with Crippen molar-refractivity contribution >= 4 is 51.0 Å². The monoisotopic (exact) mass is 478 g/mol. The van der Waals surface area contributed by atoms with E-state index in [-0.39, 0.29) is 17.4 Å². The van der Waals surface area contributed by atoms with Gasteiger partial charge in [0, 0.05) is 21.6 Å². The second-order valence-corrected chi connectivity index (χ2v) is 8.52. The van der Waals surface area contributed by atoms with E-state index in [2.05, 4.69) is 31.4 Å². The number of nitrogens with one attached hydrogen (secondary N) is 1. The minimum atomic E-state index is -0.110. The second-order valence-electron chi connectivity index (χ2n) is 5.78. The van der Waals surface area contributed by atoms with E-state index < -0.39 is 0 Å². The van der Waals surface area contributed by atoms with Crippen molar-refractivity contribution in [3.8, 4) is 17.1 Å². The van der Waals surface area contributed by atoms with Crippen molar-refractivity contribution in [2.24, 2.45) is 0 Å². The number of halogens is 1. The smallest absolute Gasteiger partial charge is 0.234 e. The standard InChI is InChI=1S/C19H19BrN4O2S2/c1-3-24-18(15-9-12(20)7-8-16(15)25)22-23-19(24)28-11-17(26)21-13-5-4-6-14(10-13)27-2/h4-10,25H,3,11H2,1-2H3,(H,21,26). The van der Waals surface area contributed by atoms with Crippen LogP contribution in [0.5, 0.6) is 5.75 Å². The second kappa shape index (κ2) is 9.49. The summed E-state index contributed by atoms with van der Waals surface area (Å²) in [6.07, 6.45) is 2.00. The number of phenols is 1. The normalized spacial score (nSPS) is 10.8. The third-order valence-electron chi connectivity index (χ3n) is 3.92. The summed E-state index contributed by atoms with van der Waals surface area (Å²) in [7, 11) is 0. The number of nitrogens with zero attached hydrogens (tertiary/aromatic N) is 3. The maximum atomic E-state index is 12.3. The molecule has 0 saturated carbocycles. The molecule has 9 heteroatoms. The Balaban J connectivity index is 1.72. The van der Waals surface area contributed by atoms with Crippen LogP contribution >= 0.6 is 39.5 Å². The first-order valence-corrected chi connectivity index (χ1v) is 11.5. The first kappa shape index (κ1) is 20.8. The molecule has 1 aromatic heterocycles. The lowest BCUT2D eigenvalue weighted by atomic mass is 10.2. The summed E-state index contributed by atoms with van der Waals surface area (Å²) >= 11 is 6.35. The van der Waals surface area contributed by atoms with Crippen molar-refractivity contribution in [1.82, 2.24) is 14.8 Å². The Kier molecular flexibility index (Phi) is 7.03. The van der Waals surface area contributed by atoms with E-state index in [0.717, 1.165) is 15.1 Å². The molecule has 2 N–H and O–H groups in total. The summed E-state index contributed by atoms with van der Waals surface area (Å²) in [5.74, 6) is 0.803. The highest BCUT2D eigenvalue weighted by Gasteiger charge is 2.17. The molecule has 0 spiro atoms. The van der Waals surface area contributed by atoms with Crippen molar-refractivity contribution in [3.63, 3.8) is 0 Å². The summed E-state index contributed by atoms with van der Waals surface area (Å²) < 4.78 is 2.72. The van der Waals surface area contributed by atoms with E-state index in [1.165, 1.54) is 11.8 Å². The number of anilines is 1. The average Bonchev–Trinajstić information content (AvgIpc) is 3.11. The predicted octanol–water partition coefficient (Wildman–Crippen LogP) is 4.89. The van der Waals surface area contributed by atoms with Gasteiger partial charge in [0.1, 0.15) is 5.75 Å². The number of aromatic nitrogens is 3. The zero-order valence-corrected chi connectivity index (χ0v) is 18.6. The highest BCUT2D eigenvalue weighted by molar-refractivity contribution is 9.10. The van der Waals surface area contributed by atoms with Crippen LogP contribution in [0.4, 0.5) is 5.69 Å². The van der Waals surface area contributed by atoms with Crippen molar-refractivity contribution in [2.45, 2.75) is 23.5 Å². The lowest BCUT2D eigenvalue weighted by Crippen LogP contribution is -2.14. The number of aromatic hydroxyl groups is 1. The molecular formula is C19H19BrN4O2S2. The molecule has 28 heavy (non-hydrogen) atoms. The fourth-order valence-corrected chi connectivity index (χ4v) is 4.22. The number of rotatable bonds is 7. The molecule has 0 atom stereocenters. The van der Waals surface area contributed by atoms with Gasteiger partial charge in [0.2, 0.25) is 5.91 Å². The van der Waals surface area contributed by atoms with E-state index >= 15 is 0 Å². The molecule has 0 bridgehead atoms. The highest BCUT2D eigenvalue weighted by atomic mass is 79.9. The van der Waals surface area contributed by atoms with E-state index in [1.807, 2.05) is 42.0 Å². The molecular weight excluding hydrogens is 460 g/mol. The van der Waals surface area contributed by atoms with E-state index in [4.69, 9.17) is 0 Å². The summed E-state index contributed by atoms with van der Waals surface area (Å²) in [5, 5.41) is 22.1. The largest absolute Gasteiger partial charge is 0.507 e. The van der Waals surface area contributed by atoms with Gasteiger partial charge in [-0.3, -0.25) is 4.79 Å². The lowest BCUT2D eigenvalue weighted by molar-refractivity contribution is -0.113. The topological polar surface area (TPSA) is 80.0 Å². The van der Waals surface area contributed by atoms with Gasteiger partial charge in [-0.2, -0.15) is 0 Å². The fourth-order valence-electron chi connectivity index (χ4n) is 2.60. The molecule has 3 aromatic rings. The molecule has 0 unspecified atom stereocenters. The highest BCUT2D eigenvalue weighted by Crippen LogP contribution is 2.32. The minimum Gasteiger partial charge on any atom is -0.507 e. The van der Waals surface area contributed by atoms with Gasteiger partial charge >= 0.3 is 0 Å². The van der Waals surface area contributed by atoms with Crippen LogP contribution < -0.4 is 5.32 Å². The Morgan fingerprint density at radius 1 is 1.25 bits per heavy atom. The Morgan fingerprint density at radius 3 is 2.82 bits per heavy atom. The molecule has 0 fully saturated rings. The zero-order valence-electron chi connectivity index (χ0n) is 15.3. The van der Waals surface area contributed by atoms with Gasteiger partial charge in [0.25, 0.3) is 0 Å². The summed E-state index contributed by atoms with van der Waals surface area (Å²) in [6.45, 7) is 2.59. The Hall–Kier alpha value is -1.97. The van der Waals surface area contributed by atoms with Crippen LogP contribution in [0.15, 0.2) is 57.0 Å². The SMILES string of the molecule is CCn1c(SCC(=O)Nc2cccc(SC)c2)nnc1-c1cc(Br)ccc1O. The van der Waals surface area contributed by atoms with Crippen molar-refractivity contribution in [3.05, 3.63) is 46.9 Å². The molecule has 0 aliphatic carbocycles. The molecule has 1 heterocycles. The number of carbonyl (C=O) groups is 1. The molecule has 2 aromatic carbocycles. The molecule has 146 valence electrons. The zero-order chi connectivity index (χ0) is 20.1. The Bertz CT molecular complexity index is 994. The number of hydrogen-bond acceptors (Lipinski definition) is 6. The number of thioether (sulfide) groups is 2. The van der Waals surface area contributed by atoms with Gasteiger partial charge in [-0.25, -0.2) is 0 Å². The summed E-state index contributed by atoms with van der Waals surface area (Å²) in [4.78, 5) is 13.4. The maximum absolute atomic E-state index is 12.3. The third-order valence-corrected chi connectivity index (χ3v) is 6.10. The van der Waals surface area contributed by atoms with Crippen LogP contribution in [0.3, 0.4) is 0 Å². The molecule has 0 aliphatic heterocycles. The lowest BCUT2D eigenvalue weighted by Gasteiger charge is -2.09. The quantitative estimate of drug-likeness (QED) is 0.470. The van der Waals surface area contributed by atoms with Gasteiger partial charge in [-0.15, -0.1) is 22.0 Å². The first-order chi connectivity index (χ1) is 13.5. The number of hydrogen-bond donors (Lipinski definition) is 2. The summed E-state index contributed by atoms with van der Waals surface area (Å²) in [6, 6.07) is 12.9. The van der Waals surface area contributed by atoms with Crippen molar-refractivity contribution in [1.29, 1.82) is 0 Å². The number of phenolic OH excluding ortho intramolecular Hbond substituents is 1. The van der Waals surface area contributed by atoms with Crippen LogP contribution in [0.25, 0.3) is 11.4 Å². The van der Waals surface area contributed by atoms with Gasteiger partial charge in [0.05, 0.1) is 11.3 Å². The van der Waals surface area contributed by atoms with Crippen LogP contribution in [-0.2, 0) is 11.3 Å². The number of amides is 1. The average molecular weight is 479 g/mol. The van der Waals surface area contributed by atoms with Crippen LogP contribution in [-0.4, -0.2) is 37.8 Å². The molecule has 1 amide bonds. The van der Waals surface area contributed by atoms with Gasteiger partial charge < -0.3 is 15.0 Å². The van der Waals surface area contributed by atoms with Gasteiger partial charge in [-0.05, 0) is 49.6 Å². The third kappa shape index (κ3) is 4.89. The molecule has 3 rings (SSSR count). The van der Waals surface area contributed by atoms with E-state index in [1.54, 1.807) is 30.0 Å². The minimum absolute atomic E-state index is 0.110. The van der Waals surface area contributed by atoms with Crippen LogP contribution in [0.2, 0.25) is 0 Å². The molecule has 6 nitrogen and oxygen atoms in total. The van der Waals surface area contributed by atoms with E-state index in [0.29, 0.717) is 23.1 Å². The maximum Gasteiger partial charge on any atom is 0.234 e. The Morgan fingerprint density at radius 2 is 2.07 bits per heavy atom. The molecule has 0 saturated heterocycles. The van der Waals surface area contributed by atoms with Gasteiger partial charge in [-0.1, -0.05) is 33.8 Å². The number of carbonyl (C=O) groups excluding carboxylic acids is 1.